The lowest BCUT2D eigenvalue weighted by Crippen LogP contribution is -2.45. The van der Waals surface area contributed by atoms with Crippen molar-refractivity contribution < 1.29 is 50.4 Å². The Morgan fingerprint density at radius 1 is 0.841 bits per heavy atom. The van der Waals surface area contributed by atoms with Crippen molar-refractivity contribution in [3.05, 3.63) is 86.9 Å². The summed E-state index contributed by atoms with van der Waals surface area (Å²) in [7, 11) is -0.912. The van der Waals surface area contributed by atoms with E-state index in [0.29, 0.717) is 17.7 Å². The number of ether oxygens (including phenoxy) is 4. The van der Waals surface area contributed by atoms with Crippen LogP contribution in [-0.4, -0.2) is 72.9 Å². The van der Waals surface area contributed by atoms with Gasteiger partial charge in [-0.05, 0) is 60.7 Å². The molecule has 0 aliphatic heterocycles. The molecule has 11 nitrogen and oxygen atoms in total. The van der Waals surface area contributed by atoms with Crippen molar-refractivity contribution in [3.63, 3.8) is 0 Å². The second-order valence-corrected chi connectivity index (χ2v) is 11.4. The number of oxime groups is 1. The second kappa shape index (κ2) is 15.9. The molecular formula is C28H25Cl3FNO10S. The van der Waals surface area contributed by atoms with Crippen molar-refractivity contribution >= 4 is 63.1 Å². The Kier molecular flexibility index (Phi) is 12.6. The van der Waals surface area contributed by atoms with Gasteiger partial charge in [0.05, 0.1) is 46.6 Å². The van der Waals surface area contributed by atoms with E-state index >= 15 is 4.39 Å². The Hall–Kier alpha value is -3.62. The van der Waals surface area contributed by atoms with Crippen molar-refractivity contribution in [2.24, 2.45) is 5.16 Å². The van der Waals surface area contributed by atoms with Crippen LogP contribution in [0.5, 0.6) is 11.5 Å². The molecule has 3 rings (SSSR count). The summed E-state index contributed by atoms with van der Waals surface area (Å²) in [5, 5.41) is 2.73. The maximum Gasteiger partial charge on any atom is 0.338 e. The molecule has 0 radical (unpaired) electrons. The number of carbonyl (C=O) groups excluding carboxylic acids is 2. The lowest BCUT2D eigenvalue weighted by molar-refractivity contribution is -0.0478. The summed E-state index contributed by atoms with van der Waals surface area (Å²) in [6, 6.07) is 13.3. The molecule has 0 N–H and O–H groups in total. The first-order valence-corrected chi connectivity index (χ1v) is 14.9. The molecule has 44 heavy (non-hydrogen) atoms. The number of esters is 2. The minimum Gasteiger partial charge on any atom is -0.497 e. The molecule has 0 fully saturated rings. The predicted molar refractivity (Wildman–Crippen MR) is 159 cm³/mol. The van der Waals surface area contributed by atoms with Gasteiger partial charge >= 0.3 is 11.9 Å². The van der Waals surface area contributed by atoms with Gasteiger partial charge in [-0.3, -0.25) is 4.18 Å². The summed E-state index contributed by atoms with van der Waals surface area (Å²) < 4.78 is 68.4. The summed E-state index contributed by atoms with van der Waals surface area (Å²) in [4.78, 5) is 29.7. The number of methoxy groups -OCH3 is 2. The van der Waals surface area contributed by atoms with Crippen LogP contribution in [-0.2, 0) is 28.6 Å². The SMILES string of the molecule is CON=CC(F)C(OC(=O)c1ccc(OC)cc1)C(COC(=O)c1ccc(OC)cc1)OS(=O)(=O)c1cc(Cl)c(Cl)cc1Cl. The fourth-order valence-electron chi connectivity index (χ4n) is 3.52. The van der Waals surface area contributed by atoms with E-state index in [4.69, 9.17) is 57.9 Å². The van der Waals surface area contributed by atoms with Crippen molar-refractivity contribution in [2.75, 3.05) is 27.9 Å². The third-order valence-corrected chi connectivity index (χ3v) is 8.28. The Morgan fingerprint density at radius 2 is 1.36 bits per heavy atom. The van der Waals surface area contributed by atoms with E-state index in [9.17, 15) is 18.0 Å². The number of benzene rings is 3. The van der Waals surface area contributed by atoms with Crippen molar-refractivity contribution in [3.8, 4) is 11.5 Å². The average Bonchev–Trinajstić information content (AvgIpc) is 3.02. The number of halogens is 4. The van der Waals surface area contributed by atoms with Crippen molar-refractivity contribution in [2.45, 2.75) is 23.3 Å². The maximum absolute atomic E-state index is 15.6. The highest BCUT2D eigenvalue weighted by molar-refractivity contribution is 7.87. The van der Waals surface area contributed by atoms with Crippen LogP contribution in [0.2, 0.25) is 15.1 Å². The van der Waals surface area contributed by atoms with Gasteiger partial charge in [-0.1, -0.05) is 40.0 Å². The van der Waals surface area contributed by atoms with Crippen LogP contribution < -0.4 is 9.47 Å². The van der Waals surface area contributed by atoms with Gasteiger partial charge in [0, 0.05) is 0 Å². The molecule has 3 atom stereocenters. The van der Waals surface area contributed by atoms with E-state index in [2.05, 4.69) is 9.99 Å². The molecule has 3 aromatic carbocycles. The van der Waals surface area contributed by atoms with Gasteiger partial charge in [-0.25, -0.2) is 14.0 Å². The van der Waals surface area contributed by atoms with E-state index in [-0.39, 0.29) is 26.2 Å². The van der Waals surface area contributed by atoms with Crippen LogP contribution in [0.25, 0.3) is 0 Å². The Balaban J connectivity index is 2.01. The molecule has 16 heteroatoms. The van der Waals surface area contributed by atoms with Crippen molar-refractivity contribution in [1.29, 1.82) is 0 Å². The monoisotopic (exact) mass is 691 g/mol. The smallest absolute Gasteiger partial charge is 0.338 e. The molecule has 0 aliphatic rings. The van der Waals surface area contributed by atoms with Crippen LogP contribution in [0.4, 0.5) is 4.39 Å². The zero-order chi connectivity index (χ0) is 32.4. The first-order chi connectivity index (χ1) is 20.9. The summed E-state index contributed by atoms with van der Waals surface area (Å²) in [6.45, 7) is -0.926. The van der Waals surface area contributed by atoms with E-state index in [1.54, 1.807) is 0 Å². The van der Waals surface area contributed by atoms with Gasteiger partial charge in [0.15, 0.2) is 18.4 Å². The first-order valence-electron chi connectivity index (χ1n) is 12.3. The van der Waals surface area contributed by atoms with Crippen molar-refractivity contribution in [1.82, 2.24) is 0 Å². The normalized spacial score (nSPS) is 13.5. The van der Waals surface area contributed by atoms with Crippen LogP contribution >= 0.6 is 34.8 Å². The molecule has 236 valence electrons. The highest BCUT2D eigenvalue weighted by atomic mass is 35.5. The topological polar surface area (TPSA) is 136 Å². The number of alkyl halides is 1. The highest BCUT2D eigenvalue weighted by Crippen LogP contribution is 2.33. The third kappa shape index (κ3) is 9.19. The standard InChI is InChI=1S/C28H25Cl3FNO10S/c1-38-18-8-4-16(5-9-18)27(34)41-15-24(43-44(36,37)25-13-21(30)20(29)12-22(25)31)26(23(32)14-33-40-3)42-28(35)17-6-10-19(39-2)11-7-17/h4-14,23-24,26H,15H2,1-3H3. The van der Waals surface area contributed by atoms with Gasteiger partial charge in [-0.2, -0.15) is 8.42 Å². The fourth-order valence-corrected chi connectivity index (χ4v) is 5.57. The molecule has 0 amide bonds. The number of hydrogen-bond donors (Lipinski definition) is 0. The van der Waals surface area contributed by atoms with E-state index in [1.807, 2.05) is 0 Å². The predicted octanol–water partition coefficient (Wildman–Crippen LogP) is 5.79. The van der Waals surface area contributed by atoms with Gasteiger partial charge in [-0.15, -0.1) is 0 Å². The first kappa shape index (κ1) is 34.9. The van der Waals surface area contributed by atoms with Crippen LogP contribution in [0.3, 0.4) is 0 Å². The number of nitrogens with zero attached hydrogens (tertiary/aromatic N) is 1. The van der Waals surface area contributed by atoms with Gasteiger partial charge < -0.3 is 23.8 Å². The number of hydrogen-bond acceptors (Lipinski definition) is 11. The van der Waals surface area contributed by atoms with Crippen LogP contribution in [0.1, 0.15) is 20.7 Å². The molecule has 0 saturated heterocycles. The summed E-state index contributed by atoms with van der Waals surface area (Å²) in [5.74, 6) is -1.14. The average molecular weight is 693 g/mol. The zero-order valence-electron chi connectivity index (χ0n) is 23.2. The minimum absolute atomic E-state index is 0.0453. The molecule has 0 aromatic heterocycles. The number of carbonyl (C=O) groups is 2. The van der Waals surface area contributed by atoms with E-state index < -0.39 is 51.9 Å². The highest BCUT2D eigenvalue weighted by Gasteiger charge is 2.39. The lowest BCUT2D eigenvalue weighted by Gasteiger charge is -2.27. The lowest BCUT2D eigenvalue weighted by atomic mass is 10.1. The molecule has 3 unspecified atom stereocenters. The second-order valence-electron chi connectivity index (χ2n) is 8.59. The fraction of sp³-hybridized carbons (Fsp3) is 0.250. The van der Waals surface area contributed by atoms with Crippen LogP contribution in [0, 0.1) is 0 Å². The Labute approximate surface area is 267 Å². The largest absolute Gasteiger partial charge is 0.497 e. The maximum atomic E-state index is 15.6. The molecule has 0 bridgehead atoms. The van der Waals surface area contributed by atoms with E-state index in [0.717, 1.165) is 19.2 Å². The minimum atomic E-state index is -4.89. The Bertz CT molecular complexity index is 1590. The molecule has 3 aromatic rings. The molecule has 0 heterocycles. The van der Waals surface area contributed by atoms with Gasteiger partial charge in [0.25, 0.3) is 10.1 Å². The molecular weight excluding hydrogens is 668 g/mol. The number of rotatable bonds is 14. The van der Waals surface area contributed by atoms with Gasteiger partial charge in [0.1, 0.15) is 30.1 Å². The Morgan fingerprint density at radius 3 is 1.89 bits per heavy atom. The summed E-state index contributed by atoms with van der Waals surface area (Å²) in [5.41, 5.74) is 0.000462. The summed E-state index contributed by atoms with van der Waals surface area (Å²) >= 11 is 18.0. The molecule has 0 saturated carbocycles. The molecule has 0 aliphatic carbocycles. The summed E-state index contributed by atoms with van der Waals surface area (Å²) in [6.07, 6.45) is -5.79. The third-order valence-electron chi connectivity index (χ3n) is 5.76. The van der Waals surface area contributed by atoms with Crippen LogP contribution in [0.15, 0.2) is 70.7 Å². The van der Waals surface area contributed by atoms with Gasteiger partial charge in [0.2, 0.25) is 0 Å². The zero-order valence-corrected chi connectivity index (χ0v) is 26.3. The molecule has 0 spiro atoms. The van der Waals surface area contributed by atoms with E-state index in [1.165, 1.54) is 62.8 Å². The quantitative estimate of drug-likeness (QED) is 0.0671.